The molecule has 0 aliphatic carbocycles. The van der Waals surface area contributed by atoms with Crippen LogP contribution in [-0.2, 0) is 18.0 Å². The van der Waals surface area contributed by atoms with Crippen LogP contribution in [0, 0.1) is 23.0 Å². The van der Waals surface area contributed by atoms with Crippen molar-refractivity contribution in [2.24, 2.45) is 0 Å². The molecule has 0 radical (unpaired) electrons. The Hall–Kier alpha value is -3.84. The molecule has 7 heterocycles. The van der Waals surface area contributed by atoms with E-state index in [1.54, 1.807) is 7.05 Å². The number of nitrogens with one attached hydrogen (secondary N) is 1. The molecule has 3 atom stereocenters. The molecule has 3 fully saturated rings. The predicted octanol–water partition coefficient (Wildman–Crippen LogP) is 4.33. The highest BCUT2D eigenvalue weighted by atomic mass is 32.1. The minimum atomic E-state index is -2.83. The molecule has 3 aromatic heterocycles. The number of nitrogen functional groups attached to an aromatic ring is 1. The molecule has 0 saturated carbocycles. The summed E-state index contributed by atoms with van der Waals surface area (Å²) in [5.41, 5.74) is 7.36. The Morgan fingerprint density at radius 2 is 1.93 bits per heavy atom. The van der Waals surface area contributed by atoms with Gasteiger partial charge in [-0.1, -0.05) is 0 Å². The van der Waals surface area contributed by atoms with E-state index in [9.17, 15) is 18.4 Å². The SMILES string of the molecule is CN1CC(F)(F)C[C@H]1COc1nc(N2C3CCC2CNC3)c2c3c(c(-c4ncc(F)c5sc(N)c(C#N)c45)c(F)c2n1)COC3. The number of hydrogen-bond acceptors (Lipinski definition) is 11. The number of piperazine rings is 1. The van der Waals surface area contributed by atoms with Gasteiger partial charge in [-0.2, -0.15) is 15.2 Å². The average molecular weight is 641 g/mol. The van der Waals surface area contributed by atoms with Crippen molar-refractivity contribution in [3.8, 4) is 23.3 Å². The molecule has 1 aromatic carbocycles. The highest BCUT2D eigenvalue weighted by molar-refractivity contribution is 7.23. The summed E-state index contributed by atoms with van der Waals surface area (Å²) in [7, 11) is 1.61. The highest BCUT2D eigenvalue weighted by Gasteiger charge is 2.44. The Morgan fingerprint density at radius 1 is 1.18 bits per heavy atom. The van der Waals surface area contributed by atoms with E-state index in [0.717, 1.165) is 43.5 Å². The van der Waals surface area contributed by atoms with Crippen molar-refractivity contribution in [1.29, 1.82) is 5.26 Å². The van der Waals surface area contributed by atoms with Crippen molar-refractivity contribution in [3.63, 3.8) is 0 Å². The number of rotatable bonds is 5. The number of nitriles is 1. The van der Waals surface area contributed by atoms with E-state index in [1.165, 1.54) is 4.90 Å². The van der Waals surface area contributed by atoms with Crippen LogP contribution in [0.4, 0.5) is 28.4 Å². The topological polar surface area (TPSA) is 125 Å². The third kappa shape index (κ3) is 4.41. The number of thiophene rings is 1. The molecule has 2 bridgehead atoms. The van der Waals surface area contributed by atoms with E-state index < -0.39 is 23.6 Å². The van der Waals surface area contributed by atoms with E-state index in [4.69, 9.17) is 20.2 Å². The van der Waals surface area contributed by atoms with E-state index in [-0.39, 0.29) is 88.3 Å². The van der Waals surface area contributed by atoms with E-state index >= 15 is 4.39 Å². The van der Waals surface area contributed by atoms with Crippen molar-refractivity contribution >= 4 is 43.1 Å². The van der Waals surface area contributed by atoms with Crippen molar-refractivity contribution in [1.82, 2.24) is 25.2 Å². The van der Waals surface area contributed by atoms with Gasteiger partial charge in [0.2, 0.25) is 0 Å². The number of nitrogens with zero attached hydrogens (tertiary/aromatic N) is 6. The van der Waals surface area contributed by atoms with Gasteiger partial charge in [0.1, 0.15) is 29.0 Å². The van der Waals surface area contributed by atoms with Gasteiger partial charge in [0.15, 0.2) is 11.6 Å². The number of anilines is 2. The summed E-state index contributed by atoms with van der Waals surface area (Å²) in [6, 6.07) is 1.54. The number of benzene rings is 1. The molecule has 8 rings (SSSR count). The maximum atomic E-state index is 17.1. The molecule has 4 aromatic rings. The average Bonchev–Trinajstić information content (AvgIpc) is 3.74. The first-order chi connectivity index (χ1) is 21.6. The number of aromatic nitrogens is 3. The summed E-state index contributed by atoms with van der Waals surface area (Å²) in [6.45, 7) is 1.19. The van der Waals surface area contributed by atoms with Gasteiger partial charge in [0.25, 0.3) is 5.92 Å². The maximum absolute atomic E-state index is 17.1. The van der Waals surface area contributed by atoms with Gasteiger partial charge in [0, 0.05) is 48.6 Å². The number of alkyl halides is 2. The predicted molar refractivity (Wildman–Crippen MR) is 159 cm³/mol. The van der Waals surface area contributed by atoms with Crippen LogP contribution in [0.25, 0.3) is 32.2 Å². The third-order valence-electron chi connectivity index (χ3n) is 9.47. The zero-order valence-corrected chi connectivity index (χ0v) is 25.0. The fraction of sp³-hybridized carbons (Fsp3) is 0.467. The summed E-state index contributed by atoms with van der Waals surface area (Å²) in [4.78, 5) is 17.4. The van der Waals surface area contributed by atoms with Crippen LogP contribution in [0.15, 0.2) is 6.20 Å². The molecule has 4 aliphatic heterocycles. The second kappa shape index (κ2) is 10.3. The first-order valence-corrected chi connectivity index (χ1v) is 15.6. The molecular formula is C30H28F4N8O2S. The lowest BCUT2D eigenvalue weighted by Crippen LogP contribution is -2.52. The molecule has 10 nitrogen and oxygen atoms in total. The molecule has 15 heteroatoms. The van der Waals surface area contributed by atoms with Gasteiger partial charge in [-0.3, -0.25) is 9.88 Å². The van der Waals surface area contributed by atoms with Gasteiger partial charge >= 0.3 is 6.01 Å². The van der Waals surface area contributed by atoms with Crippen molar-refractivity contribution < 1.29 is 27.0 Å². The molecule has 45 heavy (non-hydrogen) atoms. The number of fused-ring (bicyclic) bond motifs is 6. The van der Waals surface area contributed by atoms with Crippen LogP contribution in [0.5, 0.6) is 6.01 Å². The zero-order valence-electron chi connectivity index (χ0n) is 24.2. The fourth-order valence-corrected chi connectivity index (χ4v) is 8.34. The lowest BCUT2D eigenvalue weighted by atomic mass is 9.93. The normalized spacial score (nSPS) is 24.1. The first kappa shape index (κ1) is 28.6. The van der Waals surface area contributed by atoms with Gasteiger partial charge in [0.05, 0.1) is 47.3 Å². The lowest BCUT2D eigenvalue weighted by molar-refractivity contribution is 0.0136. The Kier molecular flexibility index (Phi) is 6.58. The van der Waals surface area contributed by atoms with Crippen molar-refractivity contribution in [2.75, 3.05) is 43.9 Å². The molecule has 4 aliphatic rings. The molecule has 3 N–H and O–H groups in total. The number of likely N-dealkylation sites (N-methyl/N-ethyl adjacent to an activating group) is 1. The summed E-state index contributed by atoms with van der Waals surface area (Å²) in [5.74, 6) is -3.74. The van der Waals surface area contributed by atoms with E-state index in [2.05, 4.69) is 20.2 Å². The number of pyridine rings is 1. The number of halogens is 4. The highest BCUT2D eigenvalue weighted by Crippen LogP contribution is 2.48. The Bertz CT molecular complexity index is 1910. The smallest absolute Gasteiger partial charge is 0.319 e. The van der Waals surface area contributed by atoms with Crippen LogP contribution in [-0.4, -0.2) is 77.2 Å². The number of likely N-dealkylation sites (tertiary alicyclic amines) is 1. The summed E-state index contributed by atoms with van der Waals surface area (Å²) < 4.78 is 72.2. The summed E-state index contributed by atoms with van der Waals surface area (Å²) in [5, 5.41) is 14.1. The second-order valence-corrected chi connectivity index (χ2v) is 13.2. The maximum Gasteiger partial charge on any atom is 0.319 e. The van der Waals surface area contributed by atoms with E-state index in [0.29, 0.717) is 22.3 Å². The van der Waals surface area contributed by atoms with Crippen LogP contribution in [0.3, 0.4) is 0 Å². The van der Waals surface area contributed by atoms with Gasteiger partial charge < -0.3 is 25.4 Å². The molecule has 3 saturated heterocycles. The third-order valence-corrected chi connectivity index (χ3v) is 10.5. The Morgan fingerprint density at radius 3 is 2.64 bits per heavy atom. The van der Waals surface area contributed by atoms with Gasteiger partial charge in [-0.15, -0.1) is 11.3 Å². The number of nitrogens with two attached hydrogens (primary N) is 1. The quantitative estimate of drug-likeness (QED) is 0.305. The van der Waals surface area contributed by atoms with Crippen molar-refractivity contribution in [3.05, 3.63) is 34.5 Å². The number of ether oxygens (including phenoxy) is 2. The van der Waals surface area contributed by atoms with Crippen molar-refractivity contribution in [2.45, 2.75) is 56.5 Å². The molecule has 234 valence electrons. The van der Waals surface area contributed by atoms with Crippen LogP contribution >= 0.6 is 11.3 Å². The largest absolute Gasteiger partial charge is 0.462 e. The van der Waals surface area contributed by atoms with Crippen LogP contribution in [0.2, 0.25) is 0 Å². The second-order valence-electron chi connectivity index (χ2n) is 12.2. The van der Waals surface area contributed by atoms with Gasteiger partial charge in [-0.25, -0.2) is 17.6 Å². The van der Waals surface area contributed by atoms with Crippen LogP contribution < -0.4 is 20.7 Å². The summed E-state index contributed by atoms with van der Waals surface area (Å²) >= 11 is 0.902. The fourth-order valence-electron chi connectivity index (χ4n) is 7.42. The van der Waals surface area contributed by atoms with Gasteiger partial charge in [-0.05, 0) is 31.0 Å². The first-order valence-electron chi connectivity index (χ1n) is 14.7. The number of hydrogen-bond donors (Lipinski definition) is 2. The molecule has 0 amide bonds. The zero-order chi connectivity index (χ0) is 31.2. The Balaban J connectivity index is 1.35. The molecule has 2 unspecified atom stereocenters. The molecule has 0 spiro atoms. The lowest BCUT2D eigenvalue weighted by Gasteiger charge is -2.37. The standard InChI is InChI=1S/C30H28F4N8O2S/c1-41-12-30(33,34)4-15(41)9-44-29-39-25-22(28(40-29)42-13-2-3-14(42)7-37-6-13)18-11-43-10-17(18)20(23(25)32)24-21-16(5-35)27(36)45-26(21)19(31)8-38-24/h8,13-15,37H,2-4,6-7,9-12,36H2,1H3/t13?,14?,15-/m0/s1. The summed E-state index contributed by atoms with van der Waals surface area (Å²) in [6.07, 6.45) is 2.47. The monoisotopic (exact) mass is 640 g/mol. The molecular weight excluding hydrogens is 612 g/mol. The minimum absolute atomic E-state index is 0.0199. The van der Waals surface area contributed by atoms with E-state index in [1.807, 2.05) is 6.07 Å². The van der Waals surface area contributed by atoms with Crippen LogP contribution in [0.1, 0.15) is 36.0 Å². The minimum Gasteiger partial charge on any atom is -0.462 e. The Labute approximate surface area is 258 Å².